The first-order valence-electron chi connectivity index (χ1n) is 13.9. The van der Waals surface area contributed by atoms with Gasteiger partial charge in [-0.05, 0) is 98.0 Å². The minimum Gasteiger partial charge on any atom is -0.497 e. The van der Waals surface area contributed by atoms with E-state index >= 15 is 0 Å². The van der Waals surface area contributed by atoms with Crippen LogP contribution in [0, 0.1) is 5.82 Å². The Bertz CT molecular complexity index is 1400. The first-order valence-corrected chi connectivity index (χ1v) is 14.7. The van der Waals surface area contributed by atoms with Crippen LogP contribution in [0.1, 0.15) is 12.8 Å². The van der Waals surface area contributed by atoms with Crippen LogP contribution < -0.4 is 19.9 Å². The molecule has 2 heterocycles. The third-order valence-electron chi connectivity index (χ3n) is 7.59. The van der Waals surface area contributed by atoms with Gasteiger partial charge >= 0.3 is 0 Å². The predicted molar refractivity (Wildman–Crippen MR) is 168 cm³/mol. The molecule has 2 aliphatic heterocycles. The number of hydrogen-bond donors (Lipinski definition) is 1. The number of benzene rings is 3. The van der Waals surface area contributed by atoms with E-state index in [1.54, 1.807) is 55.6 Å². The fourth-order valence-corrected chi connectivity index (χ4v) is 5.86. The van der Waals surface area contributed by atoms with Gasteiger partial charge in [0.25, 0.3) is 5.91 Å². The lowest BCUT2D eigenvalue weighted by atomic mass is 10.1. The summed E-state index contributed by atoms with van der Waals surface area (Å²) in [6, 6.07) is 19.9. The highest BCUT2D eigenvalue weighted by molar-refractivity contribution is 7.80. The number of amides is 2. The summed E-state index contributed by atoms with van der Waals surface area (Å²) in [4.78, 5) is 34.7. The second-order valence-electron chi connectivity index (χ2n) is 10.3. The topological polar surface area (TPSA) is 68.4 Å². The molecular formula is C31H33ClFN5O3S. The van der Waals surface area contributed by atoms with Crippen LogP contribution in [-0.2, 0) is 9.59 Å². The number of thiocarbonyl (C=S) groups is 1. The standard InChI is InChI=1S/C31H33ClFN5O3S/c1-41-27-13-7-24(8-14-27)34-29(39)21-28-30(40)38(26-9-3-22(32)4-10-26)31(42)37(28)16-2-15-35-17-19-36(20-18-35)25-11-5-23(33)6-12-25/h3-14,28H,2,15-21H2,1H3,(H,34,39). The van der Waals surface area contributed by atoms with Gasteiger partial charge in [0.15, 0.2) is 5.11 Å². The molecule has 3 aromatic carbocycles. The number of carbonyl (C=O) groups excluding carboxylic acids is 2. The van der Waals surface area contributed by atoms with Gasteiger partial charge in [-0.2, -0.15) is 0 Å². The predicted octanol–water partition coefficient (Wildman–Crippen LogP) is 5.03. The van der Waals surface area contributed by atoms with E-state index in [4.69, 9.17) is 28.6 Å². The van der Waals surface area contributed by atoms with Crippen molar-refractivity contribution in [3.63, 3.8) is 0 Å². The number of halogens is 2. The van der Waals surface area contributed by atoms with Gasteiger partial charge in [-0.25, -0.2) is 4.39 Å². The van der Waals surface area contributed by atoms with Gasteiger partial charge in [-0.15, -0.1) is 0 Å². The Morgan fingerprint density at radius 3 is 2.24 bits per heavy atom. The van der Waals surface area contributed by atoms with Crippen molar-refractivity contribution in [3.8, 4) is 5.75 Å². The summed E-state index contributed by atoms with van der Waals surface area (Å²) in [5.41, 5.74) is 2.26. The summed E-state index contributed by atoms with van der Waals surface area (Å²) in [6.45, 7) is 4.83. The molecular weight excluding hydrogens is 577 g/mol. The first kappa shape index (κ1) is 29.8. The summed E-state index contributed by atoms with van der Waals surface area (Å²) in [5, 5.41) is 3.82. The highest BCUT2D eigenvalue weighted by Gasteiger charge is 2.44. The lowest BCUT2D eigenvalue weighted by Crippen LogP contribution is -2.47. The Balaban J connectivity index is 1.22. The van der Waals surface area contributed by atoms with E-state index in [2.05, 4.69) is 15.1 Å². The molecule has 2 amide bonds. The van der Waals surface area contributed by atoms with Gasteiger partial charge in [0.2, 0.25) is 5.91 Å². The Labute approximate surface area is 255 Å². The summed E-state index contributed by atoms with van der Waals surface area (Å²) >= 11 is 11.9. The second-order valence-corrected chi connectivity index (χ2v) is 11.1. The number of methoxy groups -OCH3 is 1. The monoisotopic (exact) mass is 609 g/mol. The molecule has 11 heteroatoms. The van der Waals surface area contributed by atoms with E-state index < -0.39 is 6.04 Å². The lowest BCUT2D eigenvalue weighted by Gasteiger charge is -2.36. The van der Waals surface area contributed by atoms with E-state index in [0.717, 1.165) is 44.8 Å². The van der Waals surface area contributed by atoms with Crippen LogP contribution in [0.15, 0.2) is 72.8 Å². The molecule has 3 aromatic rings. The van der Waals surface area contributed by atoms with Crippen molar-refractivity contribution in [3.05, 3.63) is 83.6 Å². The first-order chi connectivity index (χ1) is 20.3. The number of nitrogens with zero attached hydrogens (tertiary/aromatic N) is 4. The van der Waals surface area contributed by atoms with E-state index in [9.17, 15) is 14.0 Å². The van der Waals surface area contributed by atoms with Gasteiger partial charge in [0, 0.05) is 49.1 Å². The van der Waals surface area contributed by atoms with Crippen LogP contribution in [0.4, 0.5) is 21.5 Å². The molecule has 220 valence electrons. The minimum atomic E-state index is -0.721. The maximum absolute atomic E-state index is 13.7. The Kier molecular flexibility index (Phi) is 9.56. The van der Waals surface area contributed by atoms with Crippen molar-refractivity contribution in [2.75, 3.05) is 61.5 Å². The molecule has 1 unspecified atom stereocenters. The van der Waals surface area contributed by atoms with E-state index in [0.29, 0.717) is 33.8 Å². The maximum Gasteiger partial charge on any atom is 0.256 e. The van der Waals surface area contributed by atoms with Gasteiger partial charge < -0.3 is 19.9 Å². The average Bonchev–Trinajstić information content (AvgIpc) is 3.22. The van der Waals surface area contributed by atoms with Crippen molar-refractivity contribution in [1.82, 2.24) is 9.80 Å². The van der Waals surface area contributed by atoms with Crippen LogP contribution in [0.2, 0.25) is 5.02 Å². The van der Waals surface area contributed by atoms with Crippen LogP contribution in [0.3, 0.4) is 0 Å². The molecule has 1 atom stereocenters. The van der Waals surface area contributed by atoms with Gasteiger partial charge in [0.1, 0.15) is 17.6 Å². The normalized spacial score (nSPS) is 17.6. The molecule has 42 heavy (non-hydrogen) atoms. The summed E-state index contributed by atoms with van der Waals surface area (Å²) in [6.07, 6.45) is 0.737. The number of hydrogen-bond acceptors (Lipinski definition) is 6. The Hall–Kier alpha value is -3.73. The zero-order chi connectivity index (χ0) is 29.6. The van der Waals surface area contributed by atoms with Gasteiger partial charge in [-0.3, -0.25) is 19.4 Å². The molecule has 2 aliphatic rings. The highest BCUT2D eigenvalue weighted by atomic mass is 35.5. The lowest BCUT2D eigenvalue weighted by molar-refractivity contribution is -0.124. The van der Waals surface area contributed by atoms with E-state index in [-0.39, 0.29) is 24.1 Å². The molecule has 1 N–H and O–H groups in total. The van der Waals surface area contributed by atoms with Crippen LogP contribution >= 0.6 is 23.8 Å². The van der Waals surface area contributed by atoms with Crippen LogP contribution in [-0.4, -0.2) is 79.1 Å². The SMILES string of the molecule is COc1ccc(NC(=O)CC2C(=O)N(c3ccc(Cl)cc3)C(=S)N2CCCN2CCN(c3ccc(F)cc3)CC2)cc1. The van der Waals surface area contributed by atoms with E-state index in [1.165, 1.54) is 17.0 Å². The van der Waals surface area contributed by atoms with Gasteiger partial charge in [-0.1, -0.05) is 11.6 Å². The fourth-order valence-electron chi connectivity index (χ4n) is 5.32. The molecule has 0 bridgehead atoms. The number of nitrogens with one attached hydrogen (secondary N) is 1. The summed E-state index contributed by atoms with van der Waals surface area (Å²) in [5.74, 6) is -0.0610. The molecule has 2 saturated heterocycles. The third kappa shape index (κ3) is 7.00. The Morgan fingerprint density at radius 2 is 1.60 bits per heavy atom. The third-order valence-corrected chi connectivity index (χ3v) is 8.26. The summed E-state index contributed by atoms with van der Waals surface area (Å²) in [7, 11) is 1.58. The molecule has 0 spiro atoms. The largest absolute Gasteiger partial charge is 0.497 e. The number of carbonyl (C=O) groups is 2. The van der Waals surface area contributed by atoms with Crippen molar-refractivity contribution in [2.24, 2.45) is 0 Å². The Morgan fingerprint density at radius 1 is 0.952 bits per heavy atom. The number of piperazine rings is 1. The zero-order valence-corrected chi connectivity index (χ0v) is 24.9. The molecule has 0 aliphatic carbocycles. The van der Waals surface area contributed by atoms with E-state index in [1.807, 2.05) is 17.0 Å². The highest BCUT2D eigenvalue weighted by Crippen LogP contribution is 2.29. The van der Waals surface area contributed by atoms with Crippen LogP contribution in [0.25, 0.3) is 0 Å². The smallest absolute Gasteiger partial charge is 0.256 e. The maximum atomic E-state index is 13.7. The van der Waals surface area contributed by atoms with Crippen molar-refractivity contribution in [2.45, 2.75) is 18.9 Å². The quantitative estimate of drug-likeness (QED) is 0.323. The molecule has 2 fully saturated rings. The number of ether oxygens (including phenoxy) is 1. The molecule has 0 saturated carbocycles. The van der Waals surface area contributed by atoms with Crippen molar-refractivity contribution >= 4 is 57.8 Å². The molecule has 5 rings (SSSR count). The van der Waals surface area contributed by atoms with Gasteiger partial charge in [0.05, 0.1) is 19.2 Å². The number of rotatable bonds is 10. The van der Waals surface area contributed by atoms with Crippen molar-refractivity contribution in [1.29, 1.82) is 0 Å². The second kappa shape index (κ2) is 13.5. The van der Waals surface area contributed by atoms with Crippen LogP contribution in [0.5, 0.6) is 5.75 Å². The van der Waals surface area contributed by atoms with Crippen molar-refractivity contribution < 1.29 is 18.7 Å². The molecule has 8 nitrogen and oxygen atoms in total. The fraction of sp³-hybridized carbons (Fsp3) is 0.323. The minimum absolute atomic E-state index is 0.0363. The summed E-state index contributed by atoms with van der Waals surface area (Å²) < 4.78 is 18.5. The molecule has 0 radical (unpaired) electrons. The molecule has 0 aromatic heterocycles. The zero-order valence-electron chi connectivity index (χ0n) is 23.3. The number of anilines is 3. The average molecular weight is 610 g/mol.